The maximum Gasteiger partial charge on any atom is 0.0376 e. The van der Waals surface area contributed by atoms with E-state index in [0.29, 0.717) is 5.92 Å². The van der Waals surface area contributed by atoms with Crippen molar-refractivity contribution in [3.63, 3.8) is 0 Å². The Bertz CT molecular complexity index is 446. The number of hydrogen-bond acceptors (Lipinski definition) is 3. The van der Waals surface area contributed by atoms with Gasteiger partial charge >= 0.3 is 0 Å². The summed E-state index contributed by atoms with van der Waals surface area (Å²) in [6.07, 6.45) is 2.55. The second-order valence-electron chi connectivity index (χ2n) is 6.30. The van der Waals surface area contributed by atoms with Gasteiger partial charge in [0.05, 0.1) is 0 Å². The molecular weight excluding hydrogens is 246 g/mol. The third kappa shape index (κ3) is 2.84. The van der Waals surface area contributed by atoms with Crippen LogP contribution in [-0.2, 0) is 0 Å². The Labute approximate surface area is 123 Å². The van der Waals surface area contributed by atoms with Gasteiger partial charge in [-0.1, -0.05) is 25.1 Å². The average molecular weight is 273 g/mol. The topological polar surface area (TPSA) is 18.5 Å². The number of rotatable bonds is 4. The molecule has 3 rings (SSSR count). The SMILES string of the molecule is CCC1CN(CCC2CNc3ccccc32)CCN1C. The quantitative estimate of drug-likeness (QED) is 0.910. The predicted molar refractivity (Wildman–Crippen MR) is 85.4 cm³/mol. The summed E-state index contributed by atoms with van der Waals surface area (Å²) in [4.78, 5) is 5.18. The zero-order valence-electron chi connectivity index (χ0n) is 12.8. The van der Waals surface area contributed by atoms with Gasteiger partial charge in [-0.25, -0.2) is 0 Å². The Kier molecular flexibility index (Phi) is 4.27. The summed E-state index contributed by atoms with van der Waals surface area (Å²) in [5.41, 5.74) is 2.87. The first-order chi connectivity index (χ1) is 9.78. The van der Waals surface area contributed by atoms with Crippen LogP contribution in [0.1, 0.15) is 31.2 Å². The monoisotopic (exact) mass is 273 g/mol. The summed E-state index contributed by atoms with van der Waals surface area (Å²) < 4.78 is 0. The summed E-state index contributed by atoms with van der Waals surface area (Å²) in [6.45, 7) is 8.36. The van der Waals surface area contributed by atoms with E-state index in [9.17, 15) is 0 Å². The van der Waals surface area contributed by atoms with Crippen LogP contribution in [0.15, 0.2) is 24.3 Å². The number of benzene rings is 1. The van der Waals surface area contributed by atoms with Crippen LogP contribution in [0.4, 0.5) is 5.69 Å². The van der Waals surface area contributed by atoms with E-state index in [-0.39, 0.29) is 0 Å². The van der Waals surface area contributed by atoms with E-state index < -0.39 is 0 Å². The van der Waals surface area contributed by atoms with Crippen molar-refractivity contribution in [2.75, 3.05) is 45.1 Å². The molecule has 0 saturated carbocycles. The van der Waals surface area contributed by atoms with Crippen molar-refractivity contribution in [3.05, 3.63) is 29.8 Å². The van der Waals surface area contributed by atoms with E-state index in [1.54, 1.807) is 0 Å². The molecule has 2 atom stereocenters. The van der Waals surface area contributed by atoms with Gasteiger partial charge in [-0.3, -0.25) is 0 Å². The molecule has 1 fully saturated rings. The zero-order chi connectivity index (χ0) is 13.9. The van der Waals surface area contributed by atoms with E-state index in [1.165, 1.54) is 50.3 Å². The summed E-state index contributed by atoms with van der Waals surface area (Å²) >= 11 is 0. The normalized spacial score (nSPS) is 27.3. The Hall–Kier alpha value is -1.06. The number of anilines is 1. The highest BCUT2D eigenvalue weighted by Crippen LogP contribution is 2.33. The Morgan fingerprint density at radius 2 is 2.10 bits per heavy atom. The lowest BCUT2D eigenvalue weighted by Crippen LogP contribution is -2.51. The fraction of sp³-hybridized carbons (Fsp3) is 0.647. The third-order valence-corrected chi connectivity index (χ3v) is 5.07. The number of fused-ring (bicyclic) bond motifs is 1. The molecule has 2 aliphatic rings. The maximum absolute atomic E-state index is 3.54. The second-order valence-corrected chi connectivity index (χ2v) is 6.30. The molecular formula is C17H27N3. The first-order valence-electron chi connectivity index (χ1n) is 8.03. The van der Waals surface area contributed by atoms with Gasteiger partial charge in [0.25, 0.3) is 0 Å². The molecule has 0 aliphatic carbocycles. The molecule has 2 heterocycles. The summed E-state index contributed by atoms with van der Waals surface area (Å²) in [5, 5.41) is 3.54. The highest BCUT2D eigenvalue weighted by Gasteiger charge is 2.25. The minimum absolute atomic E-state index is 0.700. The van der Waals surface area contributed by atoms with Crippen LogP contribution < -0.4 is 5.32 Å². The highest BCUT2D eigenvalue weighted by atomic mass is 15.3. The van der Waals surface area contributed by atoms with Crippen LogP contribution in [0.3, 0.4) is 0 Å². The first-order valence-corrected chi connectivity index (χ1v) is 8.03. The maximum atomic E-state index is 3.54. The fourth-order valence-corrected chi connectivity index (χ4v) is 3.61. The van der Waals surface area contributed by atoms with Crippen LogP contribution in [-0.4, -0.2) is 55.6 Å². The largest absolute Gasteiger partial charge is 0.384 e. The van der Waals surface area contributed by atoms with Crippen molar-refractivity contribution in [2.45, 2.75) is 31.7 Å². The molecule has 0 aromatic heterocycles. The molecule has 0 spiro atoms. The minimum Gasteiger partial charge on any atom is -0.384 e. The van der Waals surface area contributed by atoms with Gasteiger partial charge in [-0.2, -0.15) is 0 Å². The lowest BCUT2D eigenvalue weighted by molar-refractivity contribution is 0.0913. The molecule has 2 aliphatic heterocycles. The van der Waals surface area contributed by atoms with E-state index >= 15 is 0 Å². The van der Waals surface area contributed by atoms with Crippen LogP contribution in [0.5, 0.6) is 0 Å². The Morgan fingerprint density at radius 3 is 2.95 bits per heavy atom. The number of para-hydroxylation sites is 1. The number of hydrogen-bond donors (Lipinski definition) is 1. The van der Waals surface area contributed by atoms with Gasteiger partial charge in [-0.05, 0) is 38.1 Å². The lowest BCUT2D eigenvalue weighted by Gasteiger charge is -2.39. The first kappa shape index (κ1) is 13.9. The molecule has 0 bridgehead atoms. The van der Waals surface area contributed by atoms with Gasteiger partial charge in [0.15, 0.2) is 0 Å². The number of nitrogens with zero attached hydrogens (tertiary/aromatic N) is 2. The van der Waals surface area contributed by atoms with Crippen LogP contribution in [0.25, 0.3) is 0 Å². The summed E-state index contributed by atoms with van der Waals surface area (Å²) in [6, 6.07) is 9.54. The van der Waals surface area contributed by atoms with Crippen molar-refractivity contribution >= 4 is 5.69 Å². The molecule has 3 nitrogen and oxygen atoms in total. The van der Waals surface area contributed by atoms with E-state index in [0.717, 1.165) is 12.6 Å². The molecule has 20 heavy (non-hydrogen) atoms. The van der Waals surface area contributed by atoms with Gasteiger partial charge < -0.3 is 15.1 Å². The van der Waals surface area contributed by atoms with Crippen LogP contribution in [0, 0.1) is 0 Å². The van der Waals surface area contributed by atoms with Gasteiger partial charge in [0.1, 0.15) is 0 Å². The van der Waals surface area contributed by atoms with Crippen LogP contribution in [0.2, 0.25) is 0 Å². The number of nitrogens with one attached hydrogen (secondary N) is 1. The van der Waals surface area contributed by atoms with Crippen LogP contribution >= 0.6 is 0 Å². The highest BCUT2D eigenvalue weighted by molar-refractivity contribution is 5.57. The molecule has 1 aromatic carbocycles. The number of likely N-dealkylation sites (N-methyl/N-ethyl adjacent to an activating group) is 1. The summed E-state index contributed by atoms with van der Waals surface area (Å²) in [7, 11) is 2.27. The Morgan fingerprint density at radius 1 is 1.25 bits per heavy atom. The van der Waals surface area contributed by atoms with Crippen molar-refractivity contribution in [3.8, 4) is 0 Å². The second kappa shape index (κ2) is 6.15. The number of piperazine rings is 1. The molecule has 1 N–H and O–H groups in total. The smallest absolute Gasteiger partial charge is 0.0376 e. The van der Waals surface area contributed by atoms with Crippen molar-refractivity contribution in [1.82, 2.24) is 9.80 Å². The average Bonchev–Trinajstić information content (AvgIpc) is 2.90. The van der Waals surface area contributed by atoms with Gasteiger partial charge in [-0.15, -0.1) is 0 Å². The molecule has 0 amide bonds. The molecule has 2 unspecified atom stereocenters. The molecule has 1 saturated heterocycles. The summed E-state index contributed by atoms with van der Waals surface area (Å²) in [5.74, 6) is 0.700. The van der Waals surface area contributed by atoms with E-state index in [1.807, 2.05) is 0 Å². The van der Waals surface area contributed by atoms with E-state index in [4.69, 9.17) is 0 Å². The standard InChI is InChI=1S/C17H27N3/c1-3-15-13-20(11-10-19(15)2)9-8-14-12-18-17-7-5-4-6-16(14)17/h4-7,14-15,18H,3,8-13H2,1-2H3. The fourth-order valence-electron chi connectivity index (χ4n) is 3.61. The van der Waals surface area contributed by atoms with Gasteiger partial charge in [0.2, 0.25) is 0 Å². The molecule has 110 valence electrons. The predicted octanol–water partition coefficient (Wildman–Crippen LogP) is 2.61. The van der Waals surface area contributed by atoms with Gasteiger partial charge in [0, 0.05) is 43.8 Å². The van der Waals surface area contributed by atoms with Crippen molar-refractivity contribution in [2.24, 2.45) is 0 Å². The Balaban J connectivity index is 1.53. The van der Waals surface area contributed by atoms with E-state index in [2.05, 4.69) is 53.4 Å². The molecule has 1 aromatic rings. The minimum atomic E-state index is 0.700. The third-order valence-electron chi connectivity index (χ3n) is 5.07. The molecule has 0 radical (unpaired) electrons. The lowest BCUT2D eigenvalue weighted by atomic mass is 9.97. The van der Waals surface area contributed by atoms with Crippen molar-refractivity contribution in [1.29, 1.82) is 0 Å². The molecule has 3 heteroatoms. The zero-order valence-corrected chi connectivity index (χ0v) is 12.8. The van der Waals surface area contributed by atoms with Crippen molar-refractivity contribution < 1.29 is 0 Å².